The van der Waals surface area contributed by atoms with Gasteiger partial charge in [-0.25, -0.2) is 0 Å². The normalized spacial score (nSPS) is 24.4. The molecule has 0 saturated carbocycles. The van der Waals surface area contributed by atoms with E-state index in [1.54, 1.807) is 0 Å². The molecule has 0 atom stereocenters. The van der Waals surface area contributed by atoms with Gasteiger partial charge in [0, 0.05) is 22.7 Å². The number of fused-ring (bicyclic) bond motifs is 4. The number of H-pyrrole nitrogens is 1. The fourth-order valence-electron chi connectivity index (χ4n) is 4.86. The minimum Gasteiger partial charge on any atom is -0.361 e. The summed E-state index contributed by atoms with van der Waals surface area (Å²) >= 11 is 0. The average Bonchev–Trinajstić information content (AvgIpc) is 3.14. The van der Waals surface area contributed by atoms with Crippen LogP contribution in [0, 0.1) is 12.3 Å². The molecule has 142 valence electrons. The van der Waals surface area contributed by atoms with Crippen LogP contribution < -0.4 is 0 Å². The summed E-state index contributed by atoms with van der Waals surface area (Å²) in [6.07, 6.45) is 9.92. The molecular weight excluding hydrogens is 316 g/mol. The molecule has 3 aliphatic rings. The van der Waals surface area contributed by atoms with Crippen molar-refractivity contribution in [2.75, 3.05) is 19.6 Å². The predicted octanol–water partition coefficient (Wildman–Crippen LogP) is 6.34. The molecule has 1 aromatic heterocycles. The maximum Gasteiger partial charge on any atom is 0.0465 e. The van der Waals surface area contributed by atoms with E-state index in [-0.39, 0.29) is 0 Å². The van der Waals surface area contributed by atoms with E-state index in [9.17, 15) is 0 Å². The average molecular weight is 353 g/mol. The number of aryl methyl sites for hydroxylation is 2. The van der Waals surface area contributed by atoms with Crippen molar-refractivity contribution in [3.05, 3.63) is 41.6 Å². The summed E-state index contributed by atoms with van der Waals surface area (Å²) in [6, 6.07) is 4.64. The summed E-state index contributed by atoms with van der Waals surface area (Å²) in [5.41, 5.74) is 7.32. The van der Waals surface area contributed by atoms with Crippen molar-refractivity contribution in [2.24, 2.45) is 5.41 Å². The van der Waals surface area contributed by atoms with Crippen molar-refractivity contribution in [3.8, 4) is 0 Å². The number of nitrogens with one attached hydrogen (secondary N) is 1. The lowest BCUT2D eigenvalue weighted by Crippen LogP contribution is -2.48. The van der Waals surface area contributed by atoms with Crippen LogP contribution in [0.25, 0.3) is 16.5 Å². The lowest BCUT2D eigenvalue weighted by molar-refractivity contribution is 0.0211. The van der Waals surface area contributed by atoms with E-state index >= 15 is 0 Å². The number of hydrogen-bond donors (Lipinski definition) is 1. The van der Waals surface area contributed by atoms with Crippen LogP contribution in [0.4, 0.5) is 0 Å². The third kappa shape index (κ3) is 3.62. The van der Waals surface area contributed by atoms with E-state index in [0.29, 0.717) is 5.41 Å². The third-order valence-corrected chi connectivity index (χ3v) is 6.66. The molecule has 2 heteroatoms. The van der Waals surface area contributed by atoms with Gasteiger partial charge in [-0.15, -0.1) is 0 Å². The zero-order valence-electron chi connectivity index (χ0n) is 17.3. The van der Waals surface area contributed by atoms with E-state index < -0.39 is 0 Å². The van der Waals surface area contributed by atoms with Crippen molar-refractivity contribution >= 4 is 16.5 Å². The number of aromatic amines is 1. The molecule has 5 rings (SSSR count). The molecule has 2 nitrogen and oxygen atoms in total. The number of rotatable bonds is 5. The number of nitrogens with zero attached hydrogens (tertiary/aromatic N) is 1. The highest BCUT2D eigenvalue weighted by Gasteiger charge is 2.38. The van der Waals surface area contributed by atoms with Crippen molar-refractivity contribution in [1.82, 2.24) is 9.88 Å². The molecule has 1 N–H and O–H groups in total. The predicted molar refractivity (Wildman–Crippen MR) is 115 cm³/mol. The lowest BCUT2D eigenvalue weighted by Gasteiger charge is -2.48. The first kappa shape index (κ1) is 19.2. The SMILES string of the molecule is C=C(CCC12CCN(CC1)CC2)c1c[nH]c2cc(CC)cc(C)c12.CC. The van der Waals surface area contributed by atoms with Crippen LogP contribution in [0.2, 0.25) is 0 Å². The summed E-state index contributed by atoms with van der Waals surface area (Å²) in [5, 5.41) is 1.38. The number of benzene rings is 1. The maximum absolute atomic E-state index is 4.46. The minimum absolute atomic E-state index is 0.605. The number of piperidine rings is 3. The second-order valence-corrected chi connectivity index (χ2v) is 8.09. The largest absolute Gasteiger partial charge is 0.361 e. The summed E-state index contributed by atoms with van der Waals surface area (Å²) in [4.78, 5) is 6.12. The minimum atomic E-state index is 0.605. The van der Waals surface area contributed by atoms with Crippen LogP contribution in [-0.4, -0.2) is 29.5 Å². The Morgan fingerprint density at radius 1 is 1.15 bits per heavy atom. The summed E-state index contributed by atoms with van der Waals surface area (Å²) in [7, 11) is 0. The fourth-order valence-corrected chi connectivity index (χ4v) is 4.86. The standard InChI is InChI=1S/C22H30N2.C2H6/c1-4-18-13-17(3)21-19(15-23-20(21)14-18)16(2)5-6-22-7-10-24(11-8-22)12-9-22;1-2/h13-15,23H,2,4-12H2,1,3H3;1-2H3. The van der Waals surface area contributed by atoms with Gasteiger partial charge in [0.2, 0.25) is 0 Å². The van der Waals surface area contributed by atoms with Gasteiger partial charge >= 0.3 is 0 Å². The van der Waals surface area contributed by atoms with Gasteiger partial charge in [-0.3, -0.25) is 0 Å². The van der Waals surface area contributed by atoms with E-state index in [1.807, 2.05) is 13.8 Å². The van der Waals surface area contributed by atoms with Crippen molar-refractivity contribution in [2.45, 2.75) is 66.2 Å². The highest BCUT2D eigenvalue weighted by atomic mass is 15.1. The van der Waals surface area contributed by atoms with Crippen LogP contribution in [0.15, 0.2) is 24.9 Å². The molecule has 2 bridgehead atoms. The quantitative estimate of drug-likeness (QED) is 0.665. The summed E-state index contributed by atoms with van der Waals surface area (Å²) in [6.45, 7) is 16.9. The first-order chi connectivity index (χ1) is 12.6. The first-order valence-electron chi connectivity index (χ1n) is 10.6. The summed E-state index contributed by atoms with van der Waals surface area (Å²) in [5.74, 6) is 0. The molecule has 0 unspecified atom stereocenters. The number of allylic oxidation sites excluding steroid dienone is 1. The first-order valence-corrected chi connectivity index (χ1v) is 10.6. The number of aromatic nitrogens is 1. The van der Waals surface area contributed by atoms with Gasteiger partial charge in [-0.1, -0.05) is 33.4 Å². The highest BCUT2D eigenvalue weighted by Crippen LogP contribution is 2.45. The molecule has 3 fully saturated rings. The Labute approximate surface area is 159 Å². The van der Waals surface area contributed by atoms with Gasteiger partial charge in [0.05, 0.1) is 0 Å². The Morgan fingerprint density at radius 2 is 1.81 bits per heavy atom. The van der Waals surface area contributed by atoms with E-state index in [4.69, 9.17) is 0 Å². The molecule has 0 amide bonds. The van der Waals surface area contributed by atoms with Crippen LogP contribution in [0.1, 0.15) is 69.6 Å². The molecule has 26 heavy (non-hydrogen) atoms. The summed E-state index contributed by atoms with van der Waals surface area (Å²) < 4.78 is 0. The topological polar surface area (TPSA) is 19.0 Å². The fraction of sp³-hybridized carbons (Fsp3) is 0.583. The van der Waals surface area contributed by atoms with Crippen molar-refractivity contribution in [3.63, 3.8) is 0 Å². The molecule has 3 aliphatic heterocycles. The van der Waals surface area contributed by atoms with Crippen LogP contribution >= 0.6 is 0 Å². The molecule has 3 saturated heterocycles. The van der Waals surface area contributed by atoms with Crippen molar-refractivity contribution < 1.29 is 0 Å². The number of hydrogen-bond acceptors (Lipinski definition) is 1. The zero-order chi connectivity index (χ0) is 18.7. The monoisotopic (exact) mass is 352 g/mol. The lowest BCUT2D eigenvalue weighted by atomic mass is 9.68. The smallest absolute Gasteiger partial charge is 0.0465 e. The van der Waals surface area contributed by atoms with E-state index in [2.05, 4.69) is 48.6 Å². The molecule has 1 aromatic carbocycles. The Balaban J connectivity index is 0.000000948. The van der Waals surface area contributed by atoms with Crippen LogP contribution in [0.3, 0.4) is 0 Å². The Morgan fingerprint density at radius 3 is 2.42 bits per heavy atom. The van der Waals surface area contributed by atoms with Gasteiger partial charge in [-0.2, -0.15) is 0 Å². The second-order valence-electron chi connectivity index (χ2n) is 8.09. The van der Waals surface area contributed by atoms with Gasteiger partial charge in [0.1, 0.15) is 0 Å². The Kier molecular flexibility index (Phi) is 5.92. The van der Waals surface area contributed by atoms with Gasteiger partial charge < -0.3 is 9.88 Å². The maximum atomic E-state index is 4.46. The van der Waals surface area contributed by atoms with E-state index in [1.165, 1.54) is 78.5 Å². The van der Waals surface area contributed by atoms with Crippen molar-refractivity contribution in [1.29, 1.82) is 0 Å². The molecule has 0 radical (unpaired) electrons. The van der Waals surface area contributed by atoms with Gasteiger partial charge in [0.25, 0.3) is 0 Å². The van der Waals surface area contributed by atoms with Crippen LogP contribution in [-0.2, 0) is 6.42 Å². The van der Waals surface area contributed by atoms with E-state index in [0.717, 1.165) is 12.8 Å². The molecule has 4 heterocycles. The van der Waals surface area contributed by atoms with Gasteiger partial charge in [-0.05, 0) is 93.3 Å². The molecular formula is C24H36N2. The van der Waals surface area contributed by atoms with Crippen LogP contribution in [0.5, 0.6) is 0 Å². The zero-order valence-corrected chi connectivity index (χ0v) is 17.3. The third-order valence-electron chi connectivity index (χ3n) is 6.66. The molecule has 2 aromatic rings. The molecule has 0 spiro atoms. The second kappa shape index (κ2) is 8.00. The molecule has 0 aliphatic carbocycles. The van der Waals surface area contributed by atoms with Gasteiger partial charge in [0.15, 0.2) is 0 Å². The Bertz CT molecular complexity index is 746. The highest BCUT2D eigenvalue weighted by molar-refractivity contribution is 5.95. The Hall–Kier alpha value is -1.54.